The van der Waals surface area contributed by atoms with E-state index < -0.39 is 40.2 Å². The van der Waals surface area contributed by atoms with Crippen LogP contribution in [-0.4, -0.2) is 52.7 Å². The van der Waals surface area contributed by atoms with Crippen LogP contribution in [-0.2, 0) is 14.7 Å². The minimum atomic E-state index is -4.85. The number of rotatable bonds is 5. The van der Waals surface area contributed by atoms with E-state index in [1.54, 1.807) is 12.1 Å². The second-order valence-electron chi connectivity index (χ2n) is 9.39. The number of fused-ring (bicyclic) bond motifs is 3. The Morgan fingerprint density at radius 2 is 1.57 bits per heavy atom. The molecule has 4 atom stereocenters. The molecule has 0 spiro atoms. The summed E-state index contributed by atoms with van der Waals surface area (Å²) in [6.07, 6.45) is -5.12. The van der Waals surface area contributed by atoms with Gasteiger partial charge in [-0.05, 0) is 73.5 Å². The summed E-state index contributed by atoms with van der Waals surface area (Å²) in [4.78, 5) is 0.150. The number of aliphatic hydroxyl groups is 1. The lowest BCUT2D eigenvalue weighted by molar-refractivity contribution is -0.274. The average molecular weight is 616 g/mol. The molecule has 0 radical (unpaired) electrons. The molecule has 1 fully saturated rings. The monoisotopic (exact) mass is 615 g/mol. The van der Waals surface area contributed by atoms with Crippen molar-refractivity contribution in [2.24, 2.45) is 4.36 Å². The van der Waals surface area contributed by atoms with Gasteiger partial charge in [-0.2, -0.15) is 0 Å². The molecule has 1 aromatic heterocycles. The molecular formula is C27H26Cl2F3N3O4S. The normalized spacial score (nSPS) is 22.0. The molecule has 0 aliphatic carbocycles. The number of halogens is 5. The smallest absolute Gasteiger partial charge is 0.406 e. The summed E-state index contributed by atoms with van der Waals surface area (Å²) >= 11 is 12.6. The molecule has 40 heavy (non-hydrogen) atoms. The number of hydrogen-bond acceptors (Lipinski definition) is 5. The van der Waals surface area contributed by atoms with Crippen LogP contribution in [0.25, 0.3) is 21.8 Å². The van der Waals surface area contributed by atoms with Gasteiger partial charge in [0.1, 0.15) is 15.7 Å². The fraction of sp³-hybridized carbons (Fsp3) is 0.333. The lowest BCUT2D eigenvalue weighted by atomic mass is 9.97. The molecule has 4 aromatic rings. The summed E-state index contributed by atoms with van der Waals surface area (Å²) in [6, 6.07) is 14.4. The standard InChI is InChI=1S/C27H26Cl2F3N3O4S/c1-33-40(37,19-6-4-18(5-7-19)39-27(30,31)32)34-22-10-12-38-13-11-25(26(22)36)35-23-8-2-16(28)14-20(23)21-15-17(29)3-9-24(21)35/h2-9,14-15,22,25-26,36H,10-13H2,1H3,(H,33,34,37)/t22-,25-,26+,40?/m1/s1. The number of aromatic nitrogens is 1. The molecule has 0 saturated carbocycles. The van der Waals surface area contributed by atoms with Crippen molar-refractivity contribution in [3.63, 3.8) is 0 Å². The van der Waals surface area contributed by atoms with Gasteiger partial charge in [0, 0.05) is 52.1 Å². The lowest BCUT2D eigenvalue weighted by Crippen LogP contribution is -2.48. The van der Waals surface area contributed by atoms with Crippen LogP contribution in [0.2, 0.25) is 10.0 Å². The SMILES string of the molecule is CN=S(=O)(N[C@@H]1CCOCC[C@@H](n2c3ccc(Cl)cc3c3cc(Cl)ccc32)[C@H]1O)c1ccc(OC(F)(F)F)cc1. The molecule has 2 N–H and O–H groups in total. The maximum atomic E-state index is 13.9. The Hall–Kier alpha value is -2.54. The maximum absolute atomic E-state index is 13.9. The third kappa shape index (κ3) is 5.90. The zero-order valence-electron chi connectivity index (χ0n) is 21.2. The first kappa shape index (κ1) is 29.0. The van der Waals surface area contributed by atoms with E-state index >= 15 is 0 Å². The Morgan fingerprint density at radius 1 is 1.00 bits per heavy atom. The summed E-state index contributed by atoms with van der Waals surface area (Å²) in [5.41, 5.74) is 1.68. The van der Waals surface area contributed by atoms with Crippen molar-refractivity contribution in [3.05, 3.63) is 70.7 Å². The predicted octanol–water partition coefficient (Wildman–Crippen LogP) is 6.74. The Balaban J connectivity index is 1.52. The van der Waals surface area contributed by atoms with Crippen LogP contribution in [0.15, 0.2) is 69.9 Å². The first-order valence-electron chi connectivity index (χ1n) is 12.4. The number of aliphatic hydroxyl groups excluding tert-OH is 1. The van der Waals surface area contributed by atoms with Crippen LogP contribution in [0.4, 0.5) is 13.2 Å². The molecule has 7 nitrogen and oxygen atoms in total. The molecular weight excluding hydrogens is 590 g/mol. The largest absolute Gasteiger partial charge is 0.573 e. The van der Waals surface area contributed by atoms with Gasteiger partial charge >= 0.3 is 6.36 Å². The molecule has 0 bridgehead atoms. The topological polar surface area (TPSA) is 85.1 Å². The van der Waals surface area contributed by atoms with E-state index in [1.165, 1.54) is 19.2 Å². The van der Waals surface area contributed by atoms with Gasteiger partial charge < -0.3 is 19.1 Å². The molecule has 1 unspecified atom stereocenters. The predicted molar refractivity (Wildman–Crippen MR) is 149 cm³/mol. The molecule has 2 heterocycles. The molecule has 214 valence electrons. The number of hydrogen-bond donors (Lipinski definition) is 2. The molecule has 1 aliphatic rings. The van der Waals surface area contributed by atoms with Gasteiger partial charge in [0.15, 0.2) is 0 Å². The van der Waals surface area contributed by atoms with E-state index in [0.29, 0.717) is 36.1 Å². The molecule has 1 aliphatic heterocycles. The number of alkyl halides is 3. The van der Waals surface area contributed by atoms with Crippen LogP contribution < -0.4 is 9.46 Å². The van der Waals surface area contributed by atoms with Crippen molar-refractivity contribution >= 4 is 54.9 Å². The molecule has 3 aromatic carbocycles. The molecule has 0 amide bonds. The quantitative estimate of drug-likeness (QED) is 0.260. The highest BCUT2D eigenvalue weighted by atomic mass is 35.5. The van der Waals surface area contributed by atoms with Gasteiger partial charge in [-0.15, -0.1) is 13.2 Å². The lowest BCUT2D eigenvalue weighted by Gasteiger charge is -2.35. The van der Waals surface area contributed by atoms with Crippen molar-refractivity contribution in [1.82, 2.24) is 9.29 Å². The van der Waals surface area contributed by atoms with Gasteiger partial charge in [-0.1, -0.05) is 23.2 Å². The Kier molecular flexibility index (Phi) is 8.24. The summed E-state index contributed by atoms with van der Waals surface area (Å²) in [5, 5.41) is 14.7. The van der Waals surface area contributed by atoms with Crippen LogP contribution in [0.3, 0.4) is 0 Å². The summed E-state index contributed by atoms with van der Waals surface area (Å²) in [5.74, 6) is -0.444. The van der Waals surface area contributed by atoms with Gasteiger partial charge in [-0.3, -0.25) is 0 Å². The van der Waals surface area contributed by atoms with Crippen LogP contribution in [0, 0.1) is 0 Å². The number of ether oxygens (including phenoxy) is 2. The van der Waals surface area contributed by atoms with Crippen LogP contribution in [0.5, 0.6) is 5.75 Å². The number of nitrogens with zero attached hydrogens (tertiary/aromatic N) is 2. The summed E-state index contributed by atoms with van der Waals surface area (Å²) in [6.45, 7) is 0.697. The van der Waals surface area contributed by atoms with Crippen molar-refractivity contribution < 1.29 is 32.0 Å². The van der Waals surface area contributed by atoms with E-state index in [-0.39, 0.29) is 4.90 Å². The fourth-order valence-corrected chi connectivity index (χ4v) is 7.12. The Bertz CT molecular complexity index is 1590. The van der Waals surface area contributed by atoms with Gasteiger partial charge in [0.25, 0.3) is 0 Å². The number of benzene rings is 3. The van der Waals surface area contributed by atoms with E-state index in [0.717, 1.165) is 33.9 Å². The third-order valence-electron chi connectivity index (χ3n) is 6.94. The van der Waals surface area contributed by atoms with Crippen molar-refractivity contribution in [3.8, 4) is 5.75 Å². The first-order valence-corrected chi connectivity index (χ1v) is 14.7. The second kappa shape index (κ2) is 11.4. The minimum absolute atomic E-state index is 0.150. The van der Waals surface area contributed by atoms with E-state index in [1.807, 2.05) is 28.8 Å². The van der Waals surface area contributed by atoms with E-state index in [2.05, 4.69) is 13.8 Å². The van der Waals surface area contributed by atoms with Gasteiger partial charge in [0.05, 0.1) is 23.1 Å². The molecule has 5 rings (SSSR count). The Morgan fingerprint density at radius 3 is 2.12 bits per heavy atom. The number of nitrogens with one attached hydrogen (secondary N) is 1. The highest BCUT2D eigenvalue weighted by Crippen LogP contribution is 2.38. The Labute approximate surface area is 239 Å². The zero-order valence-corrected chi connectivity index (χ0v) is 23.5. The average Bonchev–Trinajstić information content (AvgIpc) is 3.20. The maximum Gasteiger partial charge on any atom is 0.573 e. The van der Waals surface area contributed by atoms with Crippen molar-refractivity contribution in [2.45, 2.75) is 42.3 Å². The molecule has 13 heteroatoms. The van der Waals surface area contributed by atoms with Crippen molar-refractivity contribution in [1.29, 1.82) is 0 Å². The van der Waals surface area contributed by atoms with Crippen LogP contribution in [0.1, 0.15) is 18.9 Å². The van der Waals surface area contributed by atoms with Crippen molar-refractivity contribution in [2.75, 3.05) is 20.3 Å². The van der Waals surface area contributed by atoms with Crippen LogP contribution >= 0.6 is 23.2 Å². The van der Waals surface area contributed by atoms with Gasteiger partial charge in [0.2, 0.25) is 0 Å². The highest BCUT2D eigenvalue weighted by molar-refractivity contribution is 7.91. The third-order valence-corrected chi connectivity index (χ3v) is 9.46. The molecule has 1 saturated heterocycles. The highest BCUT2D eigenvalue weighted by Gasteiger charge is 2.35. The fourth-order valence-electron chi connectivity index (χ4n) is 5.15. The van der Waals surface area contributed by atoms with Gasteiger partial charge in [-0.25, -0.2) is 13.3 Å². The van der Waals surface area contributed by atoms with E-state index in [9.17, 15) is 22.5 Å². The zero-order chi connectivity index (χ0) is 28.7. The minimum Gasteiger partial charge on any atom is -0.406 e. The summed E-state index contributed by atoms with van der Waals surface area (Å²) in [7, 11) is -1.99. The summed E-state index contributed by atoms with van der Waals surface area (Å²) < 4.78 is 70.5. The van der Waals surface area contributed by atoms with E-state index in [4.69, 9.17) is 27.9 Å². The first-order chi connectivity index (χ1) is 19.0. The second-order valence-corrected chi connectivity index (χ2v) is 12.4.